The van der Waals surface area contributed by atoms with Crippen LogP contribution in [0.4, 0.5) is 0 Å². The summed E-state index contributed by atoms with van der Waals surface area (Å²) in [6.07, 6.45) is 1.38. The van der Waals surface area contributed by atoms with E-state index in [1.807, 2.05) is 47.9 Å². The lowest BCUT2D eigenvalue weighted by atomic mass is 10.2. The summed E-state index contributed by atoms with van der Waals surface area (Å²) in [6.45, 7) is 2.50. The third kappa shape index (κ3) is 6.45. The predicted octanol–water partition coefficient (Wildman–Crippen LogP) is 5.70. The molecule has 0 aliphatic heterocycles. The quantitative estimate of drug-likeness (QED) is 0.148. The van der Waals surface area contributed by atoms with Crippen LogP contribution in [0.2, 0.25) is 5.02 Å². The molecule has 1 heterocycles. The number of hydrogen-bond acceptors (Lipinski definition) is 7. The number of phenols is 1. The molecule has 3 aromatic carbocycles. The van der Waals surface area contributed by atoms with Crippen molar-refractivity contribution in [2.75, 3.05) is 12.4 Å². The van der Waals surface area contributed by atoms with Gasteiger partial charge in [0.2, 0.25) is 0 Å². The second-order valence-electron chi connectivity index (χ2n) is 7.36. The number of phenolic OH excluding ortho intramolecular Hbond substituents is 1. The average Bonchev–Trinajstić information content (AvgIpc) is 3.30. The lowest BCUT2D eigenvalue weighted by Crippen LogP contribution is -2.20. The minimum absolute atomic E-state index is 0.0532. The maximum absolute atomic E-state index is 12.4. The van der Waals surface area contributed by atoms with Crippen LogP contribution < -0.4 is 10.2 Å². The molecular formula is C25H21BrClN5O3S. The first-order chi connectivity index (χ1) is 17.4. The highest BCUT2D eigenvalue weighted by atomic mass is 79.9. The third-order valence-corrected chi connectivity index (χ3v) is 6.53. The van der Waals surface area contributed by atoms with Gasteiger partial charge in [-0.05, 0) is 73.7 Å². The van der Waals surface area contributed by atoms with Crippen LogP contribution in [0.3, 0.4) is 0 Å². The van der Waals surface area contributed by atoms with E-state index in [0.717, 1.165) is 21.5 Å². The summed E-state index contributed by atoms with van der Waals surface area (Å²) < 4.78 is 8.21. The summed E-state index contributed by atoms with van der Waals surface area (Å²) in [6, 6.07) is 19.8. The first-order valence-electron chi connectivity index (χ1n) is 10.8. The summed E-state index contributed by atoms with van der Waals surface area (Å²) in [7, 11) is 0. The number of ether oxygens (including phenoxy) is 1. The Morgan fingerprint density at radius 1 is 1.17 bits per heavy atom. The standard InChI is InChI=1S/C25H21BrClN5O3S/c1-2-35-21-10-8-20(9-11-21)32-24(16-3-6-19(27)7-4-16)30-31-25(32)36-15-23(34)29-28-14-17-13-18(26)5-12-22(17)33/h3-14,33H,2,15H2,1H3,(H,29,34)/b28-14-. The van der Waals surface area contributed by atoms with Gasteiger partial charge in [-0.15, -0.1) is 10.2 Å². The van der Waals surface area contributed by atoms with Crippen LogP contribution in [0.1, 0.15) is 12.5 Å². The number of aromatic hydroxyl groups is 1. The number of nitrogens with zero attached hydrogens (tertiary/aromatic N) is 4. The summed E-state index contributed by atoms with van der Waals surface area (Å²) >= 11 is 10.6. The third-order valence-electron chi connectivity index (χ3n) is 4.86. The smallest absolute Gasteiger partial charge is 0.250 e. The molecule has 184 valence electrons. The lowest BCUT2D eigenvalue weighted by Gasteiger charge is -2.11. The summed E-state index contributed by atoms with van der Waals surface area (Å²) in [5.41, 5.74) is 4.59. The van der Waals surface area contributed by atoms with Crippen LogP contribution in [0.25, 0.3) is 17.1 Å². The molecule has 0 atom stereocenters. The molecule has 4 aromatic rings. The molecule has 0 spiro atoms. The summed E-state index contributed by atoms with van der Waals surface area (Å²) in [4.78, 5) is 12.4. The maximum Gasteiger partial charge on any atom is 0.250 e. The number of nitrogens with one attached hydrogen (secondary N) is 1. The molecular weight excluding hydrogens is 566 g/mol. The van der Waals surface area contributed by atoms with E-state index in [1.54, 1.807) is 24.3 Å². The first-order valence-corrected chi connectivity index (χ1v) is 13.0. The SMILES string of the molecule is CCOc1ccc(-n2c(SCC(=O)N/N=C\c3cc(Br)ccc3O)nnc2-c2ccc(Cl)cc2)cc1. The zero-order chi connectivity index (χ0) is 25.5. The average molecular weight is 587 g/mol. The van der Waals surface area contributed by atoms with Crippen LogP contribution in [0, 0.1) is 0 Å². The molecule has 0 aliphatic rings. The zero-order valence-corrected chi connectivity index (χ0v) is 22.2. The number of thioether (sulfide) groups is 1. The van der Waals surface area contributed by atoms with E-state index in [4.69, 9.17) is 16.3 Å². The molecule has 0 saturated carbocycles. The van der Waals surface area contributed by atoms with Crippen molar-refractivity contribution in [1.29, 1.82) is 0 Å². The second-order valence-corrected chi connectivity index (χ2v) is 9.65. The zero-order valence-electron chi connectivity index (χ0n) is 19.1. The van der Waals surface area contributed by atoms with Crippen LogP contribution in [0.15, 0.2) is 81.5 Å². The van der Waals surface area contributed by atoms with Crippen molar-refractivity contribution in [3.8, 4) is 28.6 Å². The van der Waals surface area contributed by atoms with E-state index in [9.17, 15) is 9.90 Å². The van der Waals surface area contributed by atoms with Crippen molar-refractivity contribution in [2.24, 2.45) is 5.10 Å². The number of amides is 1. The molecule has 36 heavy (non-hydrogen) atoms. The van der Waals surface area contributed by atoms with Gasteiger partial charge in [-0.2, -0.15) is 5.10 Å². The number of aromatic nitrogens is 3. The Kier molecular flexibility index (Phi) is 8.63. The van der Waals surface area contributed by atoms with Gasteiger partial charge in [0.15, 0.2) is 11.0 Å². The van der Waals surface area contributed by atoms with Crippen molar-refractivity contribution >= 4 is 51.4 Å². The van der Waals surface area contributed by atoms with Gasteiger partial charge in [0.1, 0.15) is 11.5 Å². The molecule has 8 nitrogen and oxygen atoms in total. The molecule has 0 unspecified atom stereocenters. The van der Waals surface area contributed by atoms with E-state index in [1.165, 1.54) is 24.0 Å². The predicted molar refractivity (Wildman–Crippen MR) is 145 cm³/mol. The van der Waals surface area contributed by atoms with E-state index in [0.29, 0.717) is 28.2 Å². The Hall–Kier alpha value is -3.34. The van der Waals surface area contributed by atoms with Gasteiger partial charge in [0.25, 0.3) is 5.91 Å². The van der Waals surface area contributed by atoms with Crippen molar-refractivity contribution in [1.82, 2.24) is 20.2 Å². The number of carbonyl (C=O) groups is 1. The fraction of sp³-hybridized carbons (Fsp3) is 0.120. The number of carbonyl (C=O) groups excluding carboxylic acids is 1. The van der Waals surface area contributed by atoms with Gasteiger partial charge >= 0.3 is 0 Å². The number of benzene rings is 3. The molecule has 4 rings (SSSR count). The minimum Gasteiger partial charge on any atom is -0.507 e. The van der Waals surface area contributed by atoms with Crippen LogP contribution in [-0.4, -0.2) is 44.4 Å². The van der Waals surface area contributed by atoms with E-state index in [-0.39, 0.29) is 17.4 Å². The molecule has 0 aliphatic carbocycles. The molecule has 0 fully saturated rings. The van der Waals surface area contributed by atoms with E-state index in [2.05, 4.69) is 36.7 Å². The molecule has 0 saturated heterocycles. The Morgan fingerprint density at radius 3 is 2.64 bits per heavy atom. The first kappa shape index (κ1) is 25.7. The molecule has 11 heteroatoms. The highest BCUT2D eigenvalue weighted by molar-refractivity contribution is 9.10. The van der Waals surface area contributed by atoms with E-state index >= 15 is 0 Å². The van der Waals surface area contributed by atoms with Gasteiger partial charge in [-0.3, -0.25) is 9.36 Å². The molecule has 1 amide bonds. The number of halogens is 2. The van der Waals surface area contributed by atoms with Gasteiger partial charge in [-0.25, -0.2) is 5.43 Å². The van der Waals surface area contributed by atoms with E-state index < -0.39 is 0 Å². The van der Waals surface area contributed by atoms with Crippen molar-refractivity contribution < 1.29 is 14.6 Å². The molecule has 1 aromatic heterocycles. The Balaban J connectivity index is 1.52. The van der Waals surface area contributed by atoms with Crippen LogP contribution in [-0.2, 0) is 4.79 Å². The lowest BCUT2D eigenvalue weighted by molar-refractivity contribution is -0.118. The highest BCUT2D eigenvalue weighted by Gasteiger charge is 2.17. The molecule has 0 bridgehead atoms. The Bertz CT molecular complexity index is 1380. The number of rotatable bonds is 9. The topological polar surface area (TPSA) is 102 Å². The van der Waals surface area contributed by atoms with Crippen LogP contribution in [0.5, 0.6) is 11.5 Å². The van der Waals surface area contributed by atoms with Gasteiger partial charge in [-0.1, -0.05) is 39.3 Å². The van der Waals surface area contributed by atoms with Crippen molar-refractivity contribution in [3.05, 3.63) is 81.8 Å². The van der Waals surface area contributed by atoms with Crippen molar-refractivity contribution in [2.45, 2.75) is 12.1 Å². The van der Waals surface area contributed by atoms with Gasteiger partial charge < -0.3 is 9.84 Å². The molecule has 0 radical (unpaired) electrons. The monoisotopic (exact) mass is 585 g/mol. The minimum atomic E-state index is -0.333. The van der Waals surface area contributed by atoms with Gasteiger partial charge in [0.05, 0.1) is 18.6 Å². The fourth-order valence-electron chi connectivity index (χ4n) is 3.21. The maximum atomic E-state index is 12.4. The van der Waals surface area contributed by atoms with Gasteiger partial charge in [0, 0.05) is 26.3 Å². The molecule has 2 N–H and O–H groups in total. The van der Waals surface area contributed by atoms with Crippen molar-refractivity contribution in [3.63, 3.8) is 0 Å². The van der Waals surface area contributed by atoms with Crippen LogP contribution >= 0.6 is 39.3 Å². The Morgan fingerprint density at radius 2 is 1.92 bits per heavy atom. The fourth-order valence-corrected chi connectivity index (χ4v) is 4.45. The number of hydrogen-bond donors (Lipinski definition) is 2. The second kappa shape index (κ2) is 12.1. The largest absolute Gasteiger partial charge is 0.507 e. The normalized spacial score (nSPS) is 11.1. The number of hydrazone groups is 1. The Labute approximate surface area is 225 Å². The summed E-state index contributed by atoms with van der Waals surface area (Å²) in [5, 5.41) is 23.7. The summed E-state index contributed by atoms with van der Waals surface area (Å²) in [5.74, 6) is 1.15. The highest BCUT2D eigenvalue weighted by Crippen LogP contribution is 2.29.